The summed E-state index contributed by atoms with van der Waals surface area (Å²) in [6.45, 7) is 2.20. The van der Waals surface area contributed by atoms with Crippen LogP contribution in [0.4, 0.5) is 5.95 Å². The summed E-state index contributed by atoms with van der Waals surface area (Å²) < 4.78 is 5.53. The molecule has 1 aliphatic heterocycles. The normalized spacial score (nSPS) is 17.5. The van der Waals surface area contributed by atoms with Crippen molar-refractivity contribution in [2.75, 3.05) is 11.5 Å². The number of carbonyl (C=O) groups is 2. The number of aliphatic hydroxyl groups excluding tert-OH is 1. The summed E-state index contributed by atoms with van der Waals surface area (Å²) in [6.07, 6.45) is 0. The molecule has 0 radical (unpaired) electrons. The SMILES string of the molecule is CCOc1cc(/C(O)=C2\C(=O)C(=O)N(c3nc4ccccc4[nH]3)C2c2ccccc2)ccc1Cl. The van der Waals surface area contributed by atoms with Crippen molar-refractivity contribution in [1.29, 1.82) is 0 Å². The zero-order valence-corrected chi connectivity index (χ0v) is 18.9. The van der Waals surface area contributed by atoms with Gasteiger partial charge in [-0.25, -0.2) is 4.98 Å². The van der Waals surface area contributed by atoms with Crippen LogP contribution in [0.3, 0.4) is 0 Å². The Bertz CT molecular complexity index is 1410. The third-order valence-electron chi connectivity index (χ3n) is 5.67. The van der Waals surface area contributed by atoms with E-state index in [9.17, 15) is 14.7 Å². The summed E-state index contributed by atoms with van der Waals surface area (Å²) in [5.41, 5.74) is 2.32. The first-order valence-corrected chi connectivity index (χ1v) is 11.1. The minimum Gasteiger partial charge on any atom is -0.507 e. The van der Waals surface area contributed by atoms with Crippen LogP contribution in [0.5, 0.6) is 5.75 Å². The largest absolute Gasteiger partial charge is 0.507 e. The Hall–Kier alpha value is -4.10. The van der Waals surface area contributed by atoms with Gasteiger partial charge in [0.25, 0.3) is 5.78 Å². The average molecular weight is 474 g/mol. The van der Waals surface area contributed by atoms with Crippen molar-refractivity contribution < 1.29 is 19.4 Å². The molecule has 1 fully saturated rings. The Balaban J connectivity index is 1.71. The minimum absolute atomic E-state index is 0.0403. The molecule has 7 nitrogen and oxygen atoms in total. The maximum absolute atomic E-state index is 13.3. The number of ketones is 1. The van der Waals surface area contributed by atoms with E-state index in [-0.39, 0.29) is 17.3 Å². The number of nitrogens with one attached hydrogen (secondary N) is 1. The number of ether oxygens (including phenoxy) is 1. The van der Waals surface area contributed by atoms with Gasteiger partial charge in [0.1, 0.15) is 11.5 Å². The maximum Gasteiger partial charge on any atom is 0.302 e. The molecular weight excluding hydrogens is 454 g/mol. The molecule has 4 aromatic rings. The number of aromatic amines is 1. The molecule has 1 atom stereocenters. The summed E-state index contributed by atoms with van der Waals surface area (Å²) >= 11 is 6.19. The molecule has 1 saturated heterocycles. The van der Waals surface area contributed by atoms with Gasteiger partial charge in [-0.1, -0.05) is 54.1 Å². The number of hydrogen-bond acceptors (Lipinski definition) is 5. The number of imidazole rings is 1. The number of carbonyl (C=O) groups excluding carboxylic acids is 2. The lowest BCUT2D eigenvalue weighted by Gasteiger charge is -2.23. The van der Waals surface area contributed by atoms with E-state index < -0.39 is 17.7 Å². The van der Waals surface area contributed by atoms with E-state index in [0.29, 0.717) is 34.0 Å². The molecule has 1 amide bonds. The average Bonchev–Trinajstić information content (AvgIpc) is 3.39. The molecule has 1 unspecified atom stereocenters. The number of aromatic nitrogens is 2. The molecule has 0 spiro atoms. The van der Waals surface area contributed by atoms with Crippen LogP contribution in [0.2, 0.25) is 5.02 Å². The molecule has 1 aromatic heterocycles. The number of aliphatic hydroxyl groups is 1. The molecule has 2 N–H and O–H groups in total. The zero-order chi connectivity index (χ0) is 23.8. The van der Waals surface area contributed by atoms with E-state index >= 15 is 0 Å². The lowest BCUT2D eigenvalue weighted by molar-refractivity contribution is -0.132. The molecule has 1 aliphatic rings. The van der Waals surface area contributed by atoms with Gasteiger partial charge in [0.2, 0.25) is 5.95 Å². The van der Waals surface area contributed by atoms with E-state index in [0.717, 1.165) is 5.52 Å². The van der Waals surface area contributed by atoms with Gasteiger partial charge in [-0.05, 0) is 42.8 Å². The van der Waals surface area contributed by atoms with E-state index in [1.54, 1.807) is 30.3 Å². The third kappa shape index (κ3) is 3.60. The number of hydrogen-bond donors (Lipinski definition) is 2. The lowest BCUT2D eigenvalue weighted by atomic mass is 9.95. The molecular formula is C26H20ClN3O4. The smallest absolute Gasteiger partial charge is 0.302 e. The lowest BCUT2D eigenvalue weighted by Crippen LogP contribution is -2.30. The fourth-order valence-corrected chi connectivity index (χ4v) is 4.30. The summed E-state index contributed by atoms with van der Waals surface area (Å²) in [6, 6.07) is 20.2. The number of H-pyrrole nitrogens is 1. The molecule has 0 bridgehead atoms. The van der Waals surface area contributed by atoms with Crippen molar-refractivity contribution in [3.8, 4) is 5.75 Å². The highest BCUT2D eigenvalue weighted by atomic mass is 35.5. The predicted octanol–water partition coefficient (Wildman–Crippen LogP) is 5.24. The predicted molar refractivity (Wildman–Crippen MR) is 130 cm³/mol. The van der Waals surface area contributed by atoms with Gasteiger partial charge in [-0.2, -0.15) is 0 Å². The molecule has 3 aromatic carbocycles. The van der Waals surface area contributed by atoms with E-state index in [1.807, 2.05) is 49.4 Å². The molecule has 2 heterocycles. The Kier molecular flexibility index (Phi) is 5.55. The fraction of sp³-hybridized carbons (Fsp3) is 0.115. The minimum atomic E-state index is -0.881. The number of amides is 1. The van der Waals surface area contributed by atoms with Crippen molar-refractivity contribution >= 4 is 46.0 Å². The molecule has 0 saturated carbocycles. The van der Waals surface area contributed by atoms with Crippen LogP contribution in [0.25, 0.3) is 16.8 Å². The molecule has 0 aliphatic carbocycles. The number of rotatable bonds is 5. The number of para-hydroxylation sites is 2. The molecule has 170 valence electrons. The second-order valence-corrected chi connectivity index (χ2v) is 8.14. The number of fused-ring (bicyclic) bond motifs is 1. The maximum atomic E-state index is 13.3. The van der Waals surface area contributed by atoms with E-state index in [4.69, 9.17) is 16.3 Å². The Labute approximate surface area is 200 Å². The first-order chi connectivity index (χ1) is 16.5. The molecule has 8 heteroatoms. The number of anilines is 1. The fourth-order valence-electron chi connectivity index (χ4n) is 4.13. The first kappa shape index (κ1) is 21.7. The van der Waals surface area contributed by atoms with Crippen LogP contribution in [-0.4, -0.2) is 33.4 Å². The van der Waals surface area contributed by atoms with Gasteiger partial charge >= 0.3 is 5.91 Å². The number of Topliss-reactive ketones (excluding diaryl/α,β-unsaturated/α-hetero) is 1. The quantitative estimate of drug-likeness (QED) is 0.235. The topological polar surface area (TPSA) is 95.5 Å². The van der Waals surface area contributed by atoms with Crippen molar-refractivity contribution in [3.05, 3.63) is 94.5 Å². The second kappa shape index (κ2) is 8.68. The van der Waals surface area contributed by atoms with Gasteiger partial charge in [-0.3, -0.25) is 14.5 Å². The van der Waals surface area contributed by atoms with Gasteiger partial charge in [0.15, 0.2) is 0 Å². The molecule has 34 heavy (non-hydrogen) atoms. The summed E-state index contributed by atoms with van der Waals surface area (Å²) in [7, 11) is 0. The van der Waals surface area contributed by atoms with Crippen molar-refractivity contribution in [2.24, 2.45) is 0 Å². The van der Waals surface area contributed by atoms with E-state index in [2.05, 4.69) is 9.97 Å². The van der Waals surface area contributed by atoms with Gasteiger partial charge < -0.3 is 14.8 Å². The van der Waals surface area contributed by atoms with Crippen LogP contribution < -0.4 is 9.64 Å². The highest BCUT2D eigenvalue weighted by molar-refractivity contribution is 6.51. The highest BCUT2D eigenvalue weighted by Crippen LogP contribution is 2.42. The van der Waals surface area contributed by atoms with Gasteiger partial charge in [-0.15, -0.1) is 0 Å². The summed E-state index contributed by atoms with van der Waals surface area (Å²) in [5, 5.41) is 11.7. The second-order valence-electron chi connectivity index (χ2n) is 7.74. The summed E-state index contributed by atoms with van der Waals surface area (Å²) in [4.78, 5) is 35.5. The highest BCUT2D eigenvalue weighted by Gasteiger charge is 2.48. The standard InChI is InChI=1S/C26H20ClN3O4/c1-2-34-20-14-16(12-13-17(20)27)23(31)21-22(15-8-4-3-5-9-15)30(25(33)24(21)32)26-28-18-10-6-7-11-19(18)29-26/h3-14,22,31H,2H2,1H3,(H,28,29)/b23-21+. The number of halogens is 1. The van der Waals surface area contributed by atoms with Crippen LogP contribution in [0.15, 0.2) is 78.4 Å². The molecule has 5 rings (SSSR count). The first-order valence-electron chi connectivity index (χ1n) is 10.7. The van der Waals surface area contributed by atoms with Crippen LogP contribution >= 0.6 is 11.6 Å². The Morgan fingerprint density at radius 3 is 2.56 bits per heavy atom. The number of nitrogens with zero attached hydrogens (tertiary/aromatic N) is 2. The van der Waals surface area contributed by atoms with Gasteiger partial charge in [0, 0.05) is 5.56 Å². The monoisotopic (exact) mass is 473 g/mol. The Morgan fingerprint density at radius 1 is 1.09 bits per heavy atom. The van der Waals surface area contributed by atoms with Gasteiger partial charge in [0.05, 0.1) is 34.3 Å². The van der Waals surface area contributed by atoms with Crippen LogP contribution in [-0.2, 0) is 9.59 Å². The third-order valence-corrected chi connectivity index (χ3v) is 5.98. The van der Waals surface area contributed by atoms with E-state index in [1.165, 1.54) is 4.90 Å². The Morgan fingerprint density at radius 2 is 1.82 bits per heavy atom. The summed E-state index contributed by atoms with van der Waals surface area (Å²) in [5.74, 6) is -1.31. The van der Waals surface area contributed by atoms with Crippen LogP contribution in [0, 0.1) is 0 Å². The number of benzene rings is 3. The van der Waals surface area contributed by atoms with Crippen molar-refractivity contribution in [3.63, 3.8) is 0 Å². The van der Waals surface area contributed by atoms with Crippen LogP contribution in [0.1, 0.15) is 24.1 Å². The zero-order valence-electron chi connectivity index (χ0n) is 18.2. The van der Waals surface area contributed by atoms with Crippen molar-refractivity contribution in [2.45, 2.75) is 13.0 Å². The van der Waals surface area contributed by atoms with Crippen molar-refractivity contribution in [1.82, 2.24) is 9.97 Å².